The Balaban J connectivity index is 3.17. The molecule has 0 fully saturated rings. The van der Waals surface area contributed by atoms with Crippen LogP contribution >= 0.6 is 0 Å². The van der Waals surface area contributed by atoms with Gasteiger partial charge in [-0.25, -0.2) is 17.6 Å². The van der Waals surface area contributed by atoms with E-state index in [0.29, 0.717) is 6.07 Å². The van der Waals surface area contributed by atoms with Crippen molar-refractivity contribution in [1.29, 1.82) is 0 Å². The minimum Gasteiger partial charge on any atom is -0.377 e. The molecule has 0 aliphatic carbocycles. The number of benzene rings is 1. The van der Waals surface area contributed by atoms with Crippen LogP contribution in [0.15, 0.2) is 6.07 Å². The maximum Gasteiger partial charge on any atom is 0.505 e. The predicted molar refractivity (Wildman–Crippen MR) is 66.0 cm³/mol. The van der Waals surface area contributed by atoms with E-state index in [1.807, 2.05) is 0 Å². The monoisotopic (exact) mass is 312 g/mol. The van der Waals surface area contributed by atoms with Crippen LogP contribution in [0.5, 0.6) is 0 Å². The lowest BCUT2D eigenvalue weighted by Crippen LogP contribution is -2.48. The minimum absolute atomic E-state index is 0.230. The average Bonchev–Trinajstić information content (AvgIpc) is 2.43. The Labute approximate surface area is 115 Å². The summed E-state index contributed by atoms with van der Waals surface area (Å²) < 4.78 is 68.9. The molecule has 0 spiro atoms. The molecule has 0 amide bonds. The SMILES string of the molecule is CCO[Si](Cc1cc(F)c(F)c(F)c1F)(OC)OCC. The van der Waals surface area contributed by atoms with Crippen LogP contribution in [-0.4, -0.2) is 29.1 Å². The fraction of sp³-hybridized carbons (Fsp3) is 0.500. The van der Waals surface area contributed by atoms with Crippen LogP contribution in [0.1, 0.15) is 19.4 Å². The molecule has 8 heteroatoms. The normalized spacial score (nSPS) is 11.9. The Kier molecular flexibility index (Phi) is 6.12. The minimum atomic E-state index is -3.30. The molecule has 0 aromatic heterocycles. The fourth-order valence-electron chi connectivity index (χ4n) is 1.76. The summed E-state index contributed by atoms with van der Waals surface area (Å²) in [7, 11) is -1.99. The third-order valence-electron chi connectivity index (χ3n) is 2.62. The Morgan fingerprint density at radius 1 is 0.950 bits per heavy atom. The summed E-state index contributed by atoms with van der Waals surface area (Å²) in [6.07, 6.45) is 0. The topological polar surface area (TPSA) is 27.7 Å². The van der Waals surface area contributed by atoms with Gasteiger partial charge in [-0.1, -0.05) is 0 Å². The van der Waals surface area contributed by atoms with Gasteiger partial charge in [-0.3, -0.25) is 0 Å². The molecule has 3 nitrogen and oxygen atoms in total. The summed E-state index contributed by atoms with van der Waals surface area (Å²) in [4.78, 5) is 0. The van der Waals surface area contributed by atoms with Gasteiger partial charge < -0.3 is 13.3 Å². The van der Waals surface area contributed by atoms with E-state index in [1.54, 1.807) is 13.8 Å². The van der Waals surface area contributed by atoms with Crippen LogP contribution in [-0.2, 0) is 19.3 Å². The smallest absolute Gasteiger partial charge is 0.377 e. The average molecular weight is 312 g/mol. The molecular formula is C12H16F4O3Si. The predicted octanol–water partition coefficient (Wildman–Crippen LogP) is 2.98. The van der Waals surface area contributed by atoms with Crippen molar-refractivity contribution in [3.05, 3.63) is 34.9 Å². The molecule has 1 aromatic carbocycles. The quantitative estimate of drug-likeness (QED) is 0.335. The molecule has 20 heavy (non-hydrogen) atoms. The van der Waals surface area contributed by atoms with Crippen LogP contribution in [0.4, 0.5) is 17.6 Å². The molecule has 0 saturated carbocycles. The van der Waals surface area contributed by atoms with Gasteiger partial charge in [-0.2, -0.15) is 0 Å². The van der Waals surface area contributed by atoms with E-state index in [4.69, 9.17) is 13.3 Å². The molecule has 0 atom stereocenters. The van der Waals surface area contributed by atoms with Crippen molar-refractivity contribution in [2.24, 2.45) is 0 Å². The van der Waals surface area contributed by atoms with Crippen molar-refractivity contribution >= 4 is 8.80 Å². The van der Waals surface area contributed by atoms with E-state index in [-0.39, 0.29) is 24.8 Å². The van der Waals surface area contributed by atoms with E-state index < -0.39 is 32.1 Å². The summed E-state index contributed by atoms with van der Waals surface area (Å²) in [5.74, 6) is -6.63. The third kappa shape index (κ3) is 3.57. The lowest BCUT2D eigenvalue weighted by Gasteiger charge is -2.27. The zero-order valence-corrected chi connectivity index (χ0v) is 12.4. The van der Waals surface area contributed by atoms with E-state index in [9.17, 15) is 17.6 Å². The molecule has 0 saturated heterocycles. The molecule has 0 aliphatic rings. The van der Waals surface area contributed by atoms with Crippen LogP contribution in [0.2, 0.25) is 0 Å². The van der Waals surface area contributed by atoms with Gasteiger partial charge in [0.1, 0.15) is 0 Å². The van der Waals surface area contributed by atoms with E-state index in [0.717, 1.165) is 0 Å². The Hall–Kier alpha value is -0.963. The first-order valence-electron chi connectivity index (χ1n) is 6.05. The summed E-state index contributed by atoms with van der Waals surface area (Å²) in [6, 6.07) is 0.303. The van der Waals surface area contributed by atoms with Crippen molar-refractivity contribution in [2.75, 3.05) is 20.3 Å². The van der Waals surface area contributed by atoms with E-state index in [1.165, 1.54) is 7.11 Å². The van der Waals surface area contributed by atoms with Crippen molar-refractivity contribution in [3.8, 4) is 0 Å². The first-order valence-corrected chi connectivity index (χ1v) is 7.98. The van der Waals surface area contributed by atoms with Gasteiger partial charge in [0.05, 0.1) is 0 Å². The maximum atomic E-state index is 13.7. The first kappa shape index (κ1) is 17.1. The van der Waals surface area contributed by atoms with E-state index >= 15 is 0 Å². The molecule has 0 heterocycles. The standard InChI is InChI=1S/C12H16F4O3Si/c1-4-18-20(17-3,19-5-2)7-8-6-9(13)11(15)12(16)10(8)14/h6H,4-5,7H2,1-3H3. The fourth-order valence-corrected chi connectivity index (χ4v) is 4.03. The molecule has 0 bridgehead atoms. The van der Waals surface area contributed by atoms with Crippen molar-refractivity contribution < 1.29 is 30.8 Å². The number of hydrogen-bond acceptors (Lipinski definition) is 3. The number of halogens is 4. The highest BCUT2D eigenvalue weighted by atomic mass is 28.4. The van der Waals surface area contributed by atoms with Crippen LogP contribution in [0.3, 0.4) is 0 Å². The van der Waals surface area contributed by atoms with Gasteiger partial charge in [0.2, 0.25) is 0 Å². The Morgan fingerprint density at radius 2 is 1.50 bits per heavy atom. The maximum absolute atomic E-state index is 13.7. The highest BCUT2D eigenvalue weighted by Crippen LogP contribution is 2.23. The van der Waals surface area contributed by atoms with Crippen LogP contribution in [0.25, 0.3) is 0 Å². The number of hydrogen-bond donors (Lipinski definition) is 0. The largest absolute Gasteiger partial charge is 0.505 e. The zero-order chi connectivity index (χ0) is 15.3. The molecule has 0 N–H and O–H groups in total. The molecular weight excluding hydrogens is 296 g/mol. The van der Waals surface area contributed by atoms with E-state index in [2.05, 4.69) is 0 Å². The van der Waals surface area contributed by atoms with Crippen molar-refractivity contribution in [3.63, 3.8) is 0 Å². The second-order valence-corrected chi connectivity index (χ2v) is 6.59. The molecule has 0 radical (unpaired) electrons. The lowest BCUT2D eigenvalue weighted by atomic mass is 10.2. The number of rotatable bonds is 7. The van der Waals surface area contributed by atoms with Gasteiger partial charge in [-0.15, -0.1) is 0 Å². The van der Waals surface area contributed by atoms with Gasteiger partial charge in [0.25, 0.3) is 0 Å². The van der Waals surface area contributed by atoms with Gasteiger partial charge in [-0.05, 0) is 25.5 Å². The zero-order valence-electron chi connectivity index (χ0n) is 11.4. The molecule has 0 aliphatic heterocycles. The van der Waals surface area contributed by atoms with Crippen molar-refractivity contribution in [2.45, 2.75) is 19.9 Å². The summed E-state index contributed by atoms with van der Waals surface area (Å²) in [6.45, 7) is 3.83. The summed E-state index contributed by atoms with van der Waals surface area (Å²) >= 11 is 0. The first-order chi connectivity index (χ1) is 9.40. The van der Waals surface area contributed by atoms with Gasteiger partial charge in [0.15, 0.2) is 23.3 Å². The molecule has 1 aromatic rings. The summed E-state index contributed by atoms with van der Waals surface area (Å²) in [5, 5.41) is 0. The molecule has 1 rings (SSSR count). The summed E-state index contributed by atoms with van der Waals surface area (Å²) in [5.41, 5.74) is -0.378. The Morgan fingerprint density at radius 3 is 1.95 bits per heavy atom. The molecule has 0 unspecified atom stereocenters. The lowest BCUT2D eigenvalue weighted by molar-refractivity contribution is 0.0853. The molecule has 114 valence electrons. The van der Waals surface area contributed by atoms with Crippen LogP contribution < -0.4 is 0 Å². The highest BCUT2D eigenvalue weighted by Gasteiger charge is 2.41. The van der Waals surface area contributed by atoms with Gasteiger partial charge in [0, 0.05) is 26.4 Å². The third-order valence-corrected chi connectivity index (χ3v) is 5.52. The van der Waals surface area contributed by atoms with Crippen molar-refractivity contribution in [1.82, 2.24) is 0 Å². The van der Waals surface area contributed by atoms with Gasteiger partial charge >= 0.3 is 8.80 Å². The Bertz CT molecular complexity index is 465. The van der Waals surface area contributed by atoms with Crippen LogP contribution in [0, 0.1) is 23.3 Å². The second kappa shape index (κ2) is 7.16. The second-order valence-electron chi connectivity index (χ2n) is 3.89. The highest BCUT2D eigenvalue weighted by molar-refractivity contribution is 6.60.